The molecule has 8 heteroatoms. The highest BCUT2D eigenvalue weighted by Gasteiger charge is 2.08. The average molecular weight is 476 g/mol. The van der Waals surface area contributed by atoms with Gasteiger partial charge in [0, 0.05) is 17.0 Å². The van der Waals surface area contributed by atoms with Gasteiger partial charge < -0.3 is 20.5 Å². The molecule has 0 saturated carbocycles. The van der Waals surface area contributed by atoms with E-state index < -0.39 is 0 Å². The van der Waals surface area contributed by atoms with Gasteiger partial charge in [0.05, 0.1) is 25.9 Å². The van der Waals surface area contributed by atoms with Crippen molar-refractivity contribution in [2.24, 2.45) is 4.99 Å². The van der Waals surface area contributed by atoms with Gasteiger partial charge in [0.2, 0.25) is 0 Å². The molecule has 0 unspecified atom stereocenters. The fourth-order valence-electron chi connectivity index (χ4n) is 2.14. The number of guanidine groups is 1. The Labute approximate surface area is 169 Å². The van der Waals surface area contributed by atoms with Crippen LogP contribution in [-0.2, 0) is 13.1 Å². The van der Waals surface area contributed by atoms with E-state index >= 15 is 0 Å². The number of thiazole rings is 1. The van der Waals surface area contributed by atoms with Crippen molar-refractivity contribution in [1.82, 2.24) is 15.6 Å². The van der Waals surface area contributed by atoms with Gasteiger partial charge in [0.15, 0.2) is 17.5 Å². The number of ether oxygens (including phenoxy) is 1. The number of methoxy groups -OCH3 is 1. The lowest BCUT2D eigenvalue weighted by Crippen LogP contribution is -2.36. The number of aromatic hydroxyl groups is 1. The summed E-state index contributed by atoms with van der Waals surface area (Å²) in [5.74, 6) is 1.27. The summed E-state index contributed by atoms with van der Waals surface area (Å²) >= 11 is 1.68. The molecule has 6 nitrogen and oxygen atoms in total. The minimum absolute atomic E-state index is 0. The first-order valence-electron chi connectivity index (χ1n) is 7.85. The standard InChI is InChI=1S/C17H24N4O2S.HI/c1-5-18-17(20-10-15-21-11(2)12(3)24-15)19-9-13-7-6-8-14(23-4)16(13)22;/h6-8,22H,5,9-10H2,1-4H3,(H2,18,19,20);1H. The van der Waals surface area contributed by atoms with Crippen molar-refractivity contribution in [1.29, 1.82) is 0 Å². The van der Waals surface area contributed by atoms with E-state index in [-0.39, 0.29) is 29.7 Å². The van der Waals surface area contributed by atoms with Crippen LogP contribution in [0.5, 0.6) is 11.5 Å². The molecule has 0 atom stereocenters. The van der Waals surface area contributed by atoms with Crippen molar-refractivity contribution in [2.75, 3.05) is 13.7 Å². The second-order valence-corrected chi connectivity index (χ2v) is 6.55. The van der Waals surface area contributed by atoms with E-state index in [1.54, 1.807) is 17.4 Å². The number of aryl methyl sites for hydroxylation is 2. The zero-order valence-electron chi connectivity index (χ0n) is 14.9. The number of benzene rings is 1. The molecule has 0 aliphatic rings. The molecule has 1 aromatic heterocycles. The predicted molar refractivity (Wildman–Crippen MR) is 113 cm³/mol. The van der Waals surface area contributed by atoms with E-state index in [0.717, 1.165) is 17.2 Å². The summed E-state index contributed by atoms with van der Waals surface area (Å²) in [5, 5.41) is 17.6. The van der Waals surface area contributed by atoms with E-state index in [2.05, 4.69) is 27.5 Å². The van der Waals surface area contributed by atoms with Gasteiger partial charge in [-0.15, -0.1) is 35.3 Å². The minimum atomic E-state index is 0. The van der Waals surface area contributed by atoms with Gasteiger partial charge in [0.1, 0.15) is 5.01 Å². The van der Waals surface area contributed by atoms with Crippen LogP contribution in [0, 0.1) is 13.8 Å². The fourth-order valence-corrected chi connectivity index (χ4v) is 3.01. The highest BCUT2D eigenvalue weighted by Crippen LogP contribution is 2.29. The van der Waals surface area contributed by atoms with Gasteiger partial charge in [-0.1, -0.05) is 12.1 Å². The van der Waals surface area contributed by atoms with Gasteiger partial charge in [-0.05, 0) is 26.8 Å². The molecule has 3 N–H and O–H groups in total. The van der Waals surface area contributed by atoms with Crippen molar-refractivity contribution in [3.05, 3.63) is 39.3 Å². The predicted octanol–water partition coefficient (Wildman–Crippen LogP) is 3.35. The maximum atomic E-state index is 10.1. The Kier molecular flexibility index (Phi) is 8.98. The van der Waals surface area contributed by atoms with Gasteiger partial charge >= 0.3 is 0 Å². The second kappa shape index (κ2) is 10.4. The van der Waals surface area contributed by atoms with Gasteiger partial charge in [0.25, 0.3) is 0 Å². The molecule has 0 aliphatic carbocycles. The Morgan fingerprint density at radius 3 is 2.68 bits per heavy atom. The van der Waals surface area contributed by atoms with Crippen LogP contribution in [0.4, 0.5) is 0 Å². The van der Waals surface area contributed by atoms with Crippen LogP contribution in [0.25, 0.3) is 0 Å². The summed E-state index contributed by atoms with van der Waals surface area (Å²) in [6.45, 7) is 7.83. The Bertz CT molecular complexity index is 699. The number of hydrogen-bond donors (Lipinski definition) is 3. The number of aliphatic imine (C=N–C) groups is 1. The number of para-hydroxylation sites is 1. The van der Waals surface area contributed by atoms with Crippen LogP contribution >= 0.6 is 35.3 Å². The lowest BCUT2D eigenvalue weighted by atomic mass is 10.2. The molecule has 25 heavy (non-hydrogen) atoms. The maximum Gasteiger partial charge on any atom is 0.191 e. The topological polar surface area (TPSA) is 78.8 Å². The molecule has 2 aromatic rings. The maximum absolute atomic E-state index is 10.1. The molecule has 0 radical (unpaired) electrons. The van der Waals surface area contributed by atoms with E-state index in [1.165, 1.54) is 12.0 Å². The largest absolute Gasteiger partial charge is 0.504 e. The number of nitrogens with zero attached hydrogens (tertiary/aromatic N) is 2. The molecular formula is C17H25IN4O2S. The Balaban J connectivity index is 0.00000312. The van der Waals surface area contributed by atoms with E-state index in [1.807, 2.05) is 26.0 Å². The van der Waals surface area contributed by atoms with Crippen molar-refractivity contribution in [2.45, 2.75) is 33.9 Å². The van der Waals surface area contributed by atoms with Crippen molar-refractivity contribution >= 4 is 41.3 Å². The molecule has 2 rings (SSSR count). The monoisotopic (exact) mass is 476 g/mol. The van der Waals surface area contributed by atoms with E-state index in [0.29, 0.717) is 30.4 Å². The van der Waals surface area contributed by atoms with Crippen LogP contribution in [-0.4, -0.2) is 29.7 Å². The zero-order valence-corrected chi connectivity index (χ0v) is 18.1. The minimum Gasteiger partial charge on any atom is -0.504 e. The number of phenolic OH excluding ortho intramolecular Hbond substituents is 1. The number of halogens is 1. The zero-order chi connectivity index (χ0) is 17.5. The number of hydrogen-bond acceptors (Lipinski definition) is 5. The van der Waals surface area contributed by atoms with Gasteiger partial charge in [-0.25, -0.2) is 9.98 Å². The first-order chi connectivity index (χ1) is 11.5. The Morgan fingerprint density at radius 1 is 1.32 bits per heavy atom. The molecule has 0 amide bonds. The molecule has 0 aliphatic heterocycles. The van der Waals surface area contributed by atoms with Crippen LogP contribution in [0.15, 0.2) is 23.2 Å². The van der Waals surface area contributed by atoms with Crippen molar-refractivity contribution in [3.8, 4) is 11.5 Å². The van der Waals surface area contributed by atoms with Crippen LogP contribution < -0.4 is 15.4 Å². The van der Waals surface area contributed by atoms with Crippen molar-refractivity contribution in [3.63, 3.8) is 0 Å². The molecular weight excluding hydrogens is 451 g/mol. The Hall–Kier alpha value is -1.55. The molecule has 0 fully saturated rings. The summed E-state index contributed by atoms with van der Waals surface area (Å²) in [5.41, 5.74) is 1.78. The summed E-state index contributed by atoms with van der Waals surface area (Å²) in [4.78, 5) is 10.3. The first kappa shape index (κ1) is 21.5. The summed E-state index contributed by atoms with van der Waals surface area (Å²) < 4.78 is 5.12. The molecule has 0 bridgehead atoms. The van der Waals surface area contributed by atoms with Gasteiger partial charge in [-0.2, -0.15) is 0 Å². The molecule has 0 spiro atoms. The lowest BCUT2D eigenvalue weighted by molar-refractivity contribution is 0.370. The van der Waals surface area contributed by atoms with Crippen LogP contribution in [0.1, 0.15) is 28.1 Å². The van der Waals surface area contributed by atoms with Crippen LogP contribution in [0.2, 0.25) is 0 Å². The third-order valence-corrected chi connectivity index (χ3v) is 4.61. The normalized spacial score (nSPS) is 11.0. The summed E-state index contributed by atoms with van der Waals surface area (Å²) in [6.07, 6.45) is 0. The van der Waals surface area contributed by atoms with E-state index in [4.69, 9.17) is 4.74 Å². The molecule has 138 valence electrons. The third-order valence-electron chi connectivity index (χ3n) is 3.53. The fraction of sp³-hybridized carbons (Fsp3) is 0.412. The third kappa shape index (κ3) is 6.03. The number of rotatable bonds is 6. The molecule has 1 aromatic carbocycles. The number of aromatic nitrogens is 1. The Morgan fingerprint density at radius 2 is 2.08 bits per heavy atom. The second-order valence-electron chi connectivity index (χ2n) is 5.27. The summed E-state index contributed by atoms with van der Waals surface area (Å²) in [6, 6.07) is 5.39. The lowest BCUT2D eigenvalue weighted by Gasteiger charge is -2.11. The van der Waals surface area contributed by atoms with Gasteiger partial charge in [-0.3, -0.25) is 0 Å². The highest BCUT2D eigenvalue weighted by molar-refractivity contribution is 14.0. The summed E-state index contributed by atoms with van der Waals surface area (Å²) in [7, 11) is 1.53. The van der Waals surface area contributed by atoms with Crippen LogP contribution in [0.3, 0.4) is 0 Å². The number of nitrogens with one attached hydrogen (secondary N) is 2. The van der Waals surface area contributed by atoms with Crippen molar-refractivity contribution < 1.29 is 9.84 Å². The van der Waals surface area contributed by atoms with E-state index in [9.17, 15) is 5.11 Å². The smallest absolute Gasteiger partial charge is 0.191 e. The average Bonchev–Trinajstić information content (AvgIpc) is 2.89. The molecule has 0 saturated heterocycles. The quantitative estimate of drug-likeness (QED) is 0.339. The highest BCUT2D eigenvalue weighted by atomic mass is 127. The first-order valence-corrected chi connectivity index (χ1v) is 8.66. The SMILES string of the molecule is CCNC(=NCc1cccc(OC)c1O)NCc1nc(C)c(C)s1.I. The molecule has 1 heterocycles. The number of phenols is 1.